The minimum absolute atomic E-state index is 0.463. The Bertz CT molecular complexity index is 370. The van der Waals surface area contributed by atoms with Crippen molar-refractivity contribution in [2.24, 2.45) is 5.41 Å². The average Bonchev–Trinajstić information content (AvgIpc) is 2.19. The molecule has 16 heavy (non-hydrogen) atoms. The molecule has 0 aliphatic heterocycles. The summed E-state index contributed by atoms with van der Waals surface area (Å²) in [6.45, 7) is 3.20. The summed E-state index contributed by atoms with van der Waals surface area (Å²) < 4.78 is 0. The number of nitrogens with one attached hydrogen (secondary N) is 1. The molecule has 1 aliphatic carbocycles. The fourth-order valence-electron chi connectivity index (χ4n) is 2.15. The van der Waals surface area contributed by atoms with Crippen LogP contribution in [0.1, 0.15) is 32.6 Å². The molecule has 2 rings (SSSR count). The van der Waals surface area contributed by atoms with Gasteiger partial charge in [0.1, 0.15) is 5.82 Å². The van der Waals surface area contributed by atoms with Crippen molar-refractivity contribution in [3.8, 4) is 0 Å². The summed E-state index contributed by atoms with van der Waals surface area (Å²) in [5, 5.41) is 4.50. The molecule has 1 fully saturated rings. The highest BCUT2D eigenvalue weighted by Gasteiger charge is 2.34. The molecular weight excluding hydrogens is 243 g/mol. The summed E-state index contributed by atoms with van der Waals surface area (Å²) in [6.07, 6.45) is 6.79. The number of pyridine rings is 1. The van der Waals surface area contributed by atoms with Crippen molar-refractivity contribution < 1.29 is 0 Å². The second-order valence-electron chi connectivity index (χ2n) is 4.54. The maximum Gasteiger partial charge on any atom is 0.144 e. The van der Waals surface area contributed by atoms with Gasteiger partial charge in [0, 0.05) is 12.7 Å². The molecule has 1 saturated carbocycles. The van der Waals surface area contributed by atoms with Gasteiger partial charge >= 0.3 is 0 Å². The molecule has 0 bridgehead atoms. The molecule has 0 spiro atoms. The molecule has 1 aliphatic rings. The van der Waals surface area contributed by atoms with Crippen molar-refractivity contribution in [2.45, 2.75) is 32.6 Å². The van der Waals surface area contributed by atoms with Crippen LogP contribution in [0.2, 0.25) is 10.0 Å². The van der Waals surface area contributed by atoms with Crippen molar-refractivity contribution in [1.29, 1.82) is 0 Å². The zero-order valence-electron chi connectivity index (χ0n) is 9.39. The van der Waals surface area contributed by atoms with Gasteiger partial charge in [-0.05, 0) is 30.7 Å². The number of hydrogen-bond donors (Lipinski definition) is 1. The predicted octanol–water partition coefficient (Wildman–Crippen LogP) is 4.38. The van der Waals surface area contributed by atoms with Gasteiger partial charge in [-0.25, -0.2) is 4.98 Å². The molecule has 0 atom stereocenters. The Hall–Kier alpha value is -0.470. The fourth-order valence-corrected chi connectivity index (χ4v) is 2.59. The van der Waals surface area contributed by atoms with Crippen LogP contribution in [0, 0.1) is 5.41 Å². The third-order valence-electron chi connectivity index (χ3n) is 3.60. The monoisotopic (exact) mass is 258 g/mol. The Morgan fingerprint density at radius 2 is 2.19 bits per heavy atom. The molecule has 0 saturated heterocycles. The van der Waals surface area contributed by atoms with Gasteiger partial charge in [0.25, 0.3) is 0 Å². The summed E-state index contributed by atoms with van der Waals surface area (Å²) >= 11 is 11.9. The van der Waals surface area contributed by atoms with E-state index in [1.807, 2.05) is 0 Å². The molecule has 2 nitrogen and oxygen atoms in total. The van der Waals surface area contributed by atoms with Crippen LogP contribution in [0.5, 0.6) is 0 Å². The van der Waals surface area contributed by atoms with Crippen molar-refractivity contribution in [3.63, 3.8) is 0 Å². The summed E-state index contributed by atoms with van der Waals surface area (Å²) in [7, 11) is 0. The highest BCUT2D eigenvalue weighted by molar-refractivity contribution is 6.35. The molecular formula is C12H16Cl2N2. The Kier molecular flexibility index (Phi) is 3.60. The number of halogens is 2. The molecule has 0 unspecified atom stereocenters. The third-order valence-corrected chi connectivity index (χ3v) is 4.10. The highest BCUT2D eigenvalue weighted by atomic mass is 35.5. The highest BCUT2D eigenvalue weighted by Crippen LogP contribution is 2.43. The number of anilines is 1. The van der Waals surface area contributed by atoms with Crippen molar-refractivity contribution in [3.05, 3.63) is 22.3 Å². The molecule has 1 aromatic heterocycles. The van der Waals surface area contributed by atoms with E-state index in [-0.39, 0.29) is 0 Å². The smallest absolute Gasteiger partial charge is 0.144 e. The Morgan fingerprint density at radius 1 is 1.44 bits per heavy atom. The number of rotatable bonds is 4. The molecule has 1 heterocycles. The lowest BCUT2D eigenvalue weighted by atomic mass is 9.67. The molecule has 4 heteroatoms. The van der Waals surface area contributed by atoms with Crippen LogP contribution in [0.15, 0.2) is 12.3 Å². The largest absolute Gasteiger partial charge is 0.368 e. The third kappa shape index (κ3) is 2.44. The van der Waals surface area contributed by atoms with E-state index in [2.05, 4.69) is 17.2 Å². The van der Waals surface area contributed by atoms with E-state index in [0.717, 1.165) is 12.4 Å². The van der Waals surface area contributed by atoms with Crippen LogP contribution in [0.25, 0.3) is 0 Å². The Labute approximate surface area is 106 Å². The van der Waals surface area contributed by atoms with E-state index in [4.69, 9.17) is 23.2 Å². The van der Waals surface area contributed by atoms with Crippen molar-refractivity contribution in [1.82, 2.24) is 4.98 Å². The Morgan fingerprint density at radius 3 is 2.69 bits per heavy atom. The van der Waals surface area contributed by atoms with E-state index in [1.165, 1.54) is 25.7 Å². The second-order valence-corrected chi connectivity index (χ2v) is 5.39. The van der Waals surface area contributed by atoms with Crippen molar-refractivity contribution >= 4 is 29.0 Å². The molecule has 88 valence electrons. The lowest BCUT2D eigenvalue weighted by Gasteiger charge is -2.41. The van der Waals surface area contributed by atoms with Crippen LogP contribution in [0.4, 0.5) is 5.82 Å². The fraction of sp³-hybridized carbons (Fsp3) is 0.583. The van der Waals surface area contributed by atoms with Crippen LogP contribution >= 0.6 is 23.2 Å². The average molecular weight is 259 g/mol. The van der Waals surface area contributed by atoms with Crippen LogP contribution in [-0.4, -0.2) is 11.5 Å². The standard InChI is InChI=1S/C12H16Cl2N2/c1-2-12(4-3-5-12)8-16-11-10(14)6-9(13)7-15-11/h6-7H,2-5,8H2,1H3,(H,15,16). The van der Waals surface area contributed by atoms with Gasteiger partial charge in [0.2, 0.25) is 0 Å². The summed E-state index contributed by atoms with van der Waals surface area (Å²) in [6, 6.07) is 1.72. The first-order valence-corrected chi connectivity index (χ1v) is 6.46. The zero-order chi connectivity index (χ0) is 11.6. The van der Waals surface area contributed by atoms with Gasteiger partial charge in [-0.3, -0.25) is 0 Å². The van der Waals surface area contributed by atoms with E-state index in [1.54, 1.807) is 12.3 Å². The summed E-state index contributed by atoms with van der Waals surface area (Å²) in [4.78, 5) is 4.20. The predicted molar refractivity (Wildman–Crippen MR) is 69.3 cm³/mol. The van der Waals surface area contributed by atoms with E-state index in [0.29, 0.717) is 15.5 Å². The molecule has 1 N–H and O–H groups in total. The normalized spacial score (nSPS) is 17.9. The van der Waals surface area contributed by atoms with Gasteiger partial charge in [0.05, 0.1) is 10.0 Å². The first-order valence-electron chi connectivity index (χ1n) is 5.70. The topological polar surface area (TPSA) is 24.9 Å². The first kappa shape index (κ1) is 12.0. The van der Waals surface area contributed by atoms with Crippen LogP contribution in [0.3, 0.4) is 0 Å². The lowest BCUT2D eigenvalue weighted by Crippen LogP contribution is -2.36. The number of aromatic nitrogens is 1. The van der Waals surface area contributed by atoms with E-state index in [9.17, 15) is 0 Å². The molecule has 1 aromatic rings. The van der Waals surface area contributed by atoms with Gasteiger partial charge in [-0.1, -0.05) is 36.5 Å². The van der Waals surface area contributed by atoms with E-state index < -0.39 is 0 Å². The van der Waals surface area contributed by atoms with Crippen molar-refractivity contribution in [2.75, 3.05) is 11.9 Å². The van der Waals surface area contributed by atoms with Crippen LogP contribution < -0.4 is 5.32 Å². The minimum atomic E-state index is 0.463. The van der Waals surface area contributed by atoms with E-state index >= 15 is 0 Å². The second kappa shape index (κ2) is 4.80. The SMILES string of the molecule is CCC1(CNc2ncc(Cl)cc2Cl)CCC1. The number of nitrogens with zero attached hydrogens (tertiary/aromatic N) is 1. The summed E-state index contributed by atoms with van der Waals surface area (Å²) in [5.41, 5.74) is 0.463. The van der Waals surface area contributed by atoms with Gasteiger partial charge in [-0.2, -0.15) is 0 Å². The van der Waals surface area contributed by atoms with Gasteiger partial charge in [-0.15, -0.1) is 0 Å². The quantitative estimate of drug-likeness (QED) is 0.867. The Balaban J connectivity index is 1.99. The molecule has 0 amide bonds. The summed E-state index contributed by atoms with van der Waals surface area (Å²) in [5.74, 6) is 0.741. The maximum absolute atomic E-state index is 6.05. The van der Waals surface area contributed by atoms with Crippen LogP contribution in [-0.2, 0) is 0 Å². The minimum Gasteiger partial charge on any atom is -0.368 e. The molecule has 0 aromatic carbocycles. The molecule has 0 radical (unpaired) electrons. The zero-order valence-corrected chi connectivity index (χ0v) is 10.9. The van der Waals surface area contributed by atoms with Gasteiger partial charge < -0.3 is 5.32 Å². The van der Waals surface area contributed by atoms with Gasteiger partial charge in [0.15, 0.2) is 0 Å². The number of hydrogen-bond acceptors (Lipinski definition) is 2. The maximum atomic E-state index is 6.05. The lowest BCUT2D eigenvalue weighted by molar-refractivity contribution is 0.145. The first-order chi connectivity index (χ1) is 7.65.